The van der Waals surface area contributed by atoms with Crippen LogP contribution in [0.1, 0.15) is 12.0 Å². The highest BCUT2D eigenvalue weighted by molar-refractivity contribution is 7.98. The molecule has 2 nitrogen and oxygen atoms in total. The lowest BCUT2D eigenvalue weighted by molar-refractivity contribution is -0.120. The number of alkyl halides is 1. The van der Waals surface area contributed by atoms with Crippen LogP contribution in [0.25, 0.3) is 0 Å². The monoisotopic (exact) mass is 243 g/mol. The SMILES string of the molecule is CSc1ccc(CNC(=O)CCCl)cc1. The Morgan fingerprint density at radius 3 is 2.60 bits per heavy atom. The van der Waals surface area contributed by atoms with E-state index >= 15 is 0 Å². The zero-order valence-electron chi connectivity index (χ0n) is 8.63. The van der Waals surface area contributed by atoms with Crippen molar-refractivity contribution in [2.45, 2.75) is 17.9 Å². The second kappa shape index (κ2) is 6.75. The molecule has 0 spiro atoms. The Bertz CT molecular complexity index is 313. The normalized spacial score (nSPS) is 10.0. The maximum Gasteiger partial charge on any atom is 0.221 e. The number of carbonyl (C=O) groups is 1. The quantitative estimate of drug-likeness (QED) is 0.636. The minimum atomic E-state index is -0.000979. The summed E-state index contributed by atoms with van der Waals surface area (Å²) in [5.74, 6) is 0.371. The van der Waals surface area contributed by atoms with Crippen LogP contribution >= 0.6 is 23.4 Å². The summed E-state index contributed by atoms with van der Waals surface area (Å²) in [6.45, 7) is 0.574. The van der Waals surface area contributed by atoms with Crippen LogP contribution < -0.4 is 5.32 Å². The lowest BCUT2D eigenvalue weighted by Crippen LogP contribution is -2.22. The smallest absolute Gasteiger partial charge is 0.221 e. The Morgan fingerprint density at radius 2 is 2.07 bits per heavy atom. The van der Waals surface area contributed by atoms with Crippen LogP contribution in [0, 0.1) is 0 Å². The van der Waals surface area contributed by atoms with Gasteiger partial charge in [-0.15, -0.1) is 23.4 Å². The van der Waals surface area contributed by atoms with Crippen LogP contribution in [0.2, 0.25) is 0 Å². The fourth-order valence-corrected chi connectivity index (χ4v) is 1.70. The average Bonchev–Trinajstić information content (AvgIpc) is 2.27. The summed E-state index contributed by atoms with van der Waals surface area (Å²) in [7, 11) is 0. The van der Waals surface area contributed by atoms with E-state index in [1.54, 1.807) is 11.8 Å². The van der Waals surface area contributed by atoms with E-state index in [1.165, 1.54) is 4.90 Å². The highest BCUT2D eigenvalue weighted by atomic mass is 35.5. The molecule has 0 aromatic heterocycles. The van der Waals surface area contributed by atoms with E-state index in [2.05, 4.69) is 5.32 Å². The zero-order chi connectivity index (χ0) is 11.1. The predicted molar refractivity (Wildman–Crippen MR) is 65.4 cm³/mol. The van der Waals surface area contributed by atoms with Gasteiger partial charge < -0.3 is 5.32 Å². The van der Waals surface area contributed by atoms with Gasteiger partial charge in [-0.3, -0.25) is 4.79 Å². The van der Waals surface area contributed by atoms with Gasteiger partial charge in [0.15, 0.2) is 0 Å². The van der Waals surface area contributed by atoms with Gasteiger partial charge in [0.25, 0.3) is 0 Å². The van der Waals surface area contributed by atoms with Gasteiger partial charge in [-0.1, -0.05) is 12.1 Å². The molecule has 0 unspecified atom stereocenters. The first-order chi connectivity index (χ1) is 7.26. The number of thioether (sulfide) groups is 1. The standard InChI is InChI=1S/C11H14ClNOS/c1-15-10-4-2-9(3-5-10)8-13-11(14)6-7-12/h2-5H,6-8H2,1H3,(H,13,14). The molecule has 0 atom stereocenters. The van der Waals surface area contributed by atoms with Gasteiger partial charge in [0, 0.05) is 23.7 Å². The predicted octanol–water partition coefficient (Wildman–Crippen LogP) is 2.65. The maximum atomic E-state index is 11.1. The molecule has 0 bridgehead atoms. The summed E-state index contributed by atoms with van der Waals surface area (Å²) < 4.78 is 0. The number of hydrogen-bond donors (Lipinski definition) is 1. The largest absolute Gasteiger partial charge is 0.352 e. The van der Waals surface area contributed by atoms with Crippen molar-refractivity contribution >= 4 is 29.3 Å². The summed E-state index contributed by atoms with van der Waals surface area (Å²) in [5.41, 5.74) is 1.11. The number of benzene rings is 1. The van der Waals surface area contributed by atoms with Crippen LogP contribution in [0.5, 0.6) is 0 Å². The third-order valence-corrected chi connectivity index (χ3v) is 2.90. The lowest BCUT2D eigenvalue weighted by atomic mass is 10.2. The molecular weight excluding hydrogens is 230 g/mol. The van der Waals surface area contributed by atoms with Crippen LogP contribution in [0.4, 0.5) is 0 Å². The van der Waals surface area contributed by atoms with E-state index in [4.69, 9.17) is 11.6 Å². The fraction of sp³-hybridized carbons (Fsp3) is 0.364. The Morgan fingerprint density at radius 1 is 1.40 bits per heavy atom. The van der Waals surface area contributed by atoms with E-state index in [1.807, 2.05) is 30.5 Å². The van der Waals surface area contributed by atoms with Gasteiger partial charge >= 0.3 is 0 Å². The van der Waals surface area contributed by atoms with E-state index in [9.17, 15) is 4.79 Å². The third kappa shape index (κ3) is 4.58. The number of hydrogen-bond acceptors (Lipinski definition) is 2. The minimum absolute atomic E-state index is 0.000979. The number of halogens is 1. The van der Waals surface area contributed by atoms with E-state index in [-0.39, 0.29) is 5.91 Å². The van der Waals surface area contributed by atoms with Gasteiger partial charge in [0.2, 0.25) is 5.91 Å². The third-order valence-electron chi connectivity index (χ3n) is 1.97. The van der Waals surface area contributed by atoms with Crippen LogP contribution in [-0.2, 0) is 11.3 Å². The van der Waals surface area contributed by atoms with Gasteiger partial charge in [-0.25, -0.2) is 0 Å². The Kier molecular flexibility index (Phi) is 5.58. The van der Waals surface area contributed by atoms with Crippen molar-refractivity contribution in [1.29, 1.82) is 0 Å². The molecule has 1 rings (SSSR count). The van der Waals surface area contributed by atoms with Gasteiger partial charge in [0.1, 0.15) is 0 Å². The van der Waals surface area contributed by atoms with Crippen molar-refractivity contribution in [3.8, 4) is 0 Å². The van der Waals surface area contributed by atoms with Crippen molar-refractivity contribution in [2.24, 2.45) is 0 Å². The molecule has 4 heteroatoms. The molecule has 15 heavy (non-hydrogen) atoms. The molecule has 1 N–H and O–H groups in total. The second-order valence-electron chi connectivity index (χ2n) is 3.06. The molecular formula is C11H14ClNOS. The van der Waals surface area contributed by atoms with Gasteiger partial charge in [-0.2, -0.15) is 0 Å². The molecule has 0 saturated heterocycles. The Hall–Kier alpha value is -0.670. The molecule has 1 amide bonds. The topological polar surface area (TPSA) is 29.1 Å². The number of amides is 1. The summed E-state index contributed by atoms with van der Waals surface area (Å²) in [6.07, 6.45) is 2.42. The number of carbonyl (C=O) groups excluding carboxylic acids is 1. The Balaban J connectivity index is 2.40. The first-order valence-corrected chi connectivity index (χ1v) is 6.48. The van der Waals surface area contributed by atoms with Crippen LogP contribution in [-0.4, -0.2) is 18.0 Å². The van der Waals surface area contributed by atoms with Gasteiger partial charge in [-0.05, 0) is 24.0 Å². The highest BCUT2D eigenvalue weighted by Crippen LogP contribution is 2.14. The first kappa shape index (κ1) is 12.4. The van der Waals surface area contributed by atoms with E-state index in [0.717, 1.165) is 5.56 Å². The van der Waals surface area contributed by atoms with Crippen molar-refractivity contribution in [2.75, 3.05) is 12.1 Å². The summed E-state index contributed by atoms with van der Waals surface area (Å²) in [4.78, 5) is 12.4. The maximum absolute atomic E-state index is 11.1. The molecule has 82 valence electrons. The summed E-state index contributed by atoms with van der Waals surface area (Å²) in [6, 6.07) is 8.14. The molecule has 0 radical (unpaired) electrons. The first-order valence-electron chi connectivity index (χ1n) is 4.72. The molecule has 0 aliphatic rings. The van der Waals surface area contributed by atoms with Gasteiger partial charge in [0.05, 0.1) is 0 Å². The van der Waals surface area contributed by atoms with E-state index < -0.39 is 0 Å². The fourth-order valence-electron chi connectivity index (χ4n) is 1.12. The highest BCUT2D eigenvalue weighted by Gasteiger charge is 1.99. The second-order valence-corrected chi connectivity index (χ2v) is 4.32. The lowest BCUT2D eigenvalue weighted by Gasteiger charge is -2.04. The molecule has 0 aliphatic heterocycles. The molecule has 0 heterocycles. The van der Waals surface area contributed by atoms with E-state index in [0.29, 0.717) is 18.8 Å². The minimum Gasteiger partial charge on any atom is -0.352 e. The Labute approximate surface area is 99.4 Å². The van der Waals surface area contributed by atoms with Crippen LogP contribution in [0.15, 0.2) is 29.2 Å². The van der Waals surface area contributed by atoms with Crippen molar-refractivity contribution in [3.05, 3.63) is 29.8 Å². The molecule has 0 saturated carbocycles. The summed E-state index contributed by atoms with van der Waals surface area (Å²) in [5, 5.41) is 2.81. The van der Waals surface area contributed by atoms with Crippen molar-refractivity contribution < 1.29 is 4.79 Å². The molecule has 1 aromatic carbocycles. The summed E-state index contributed by atoms with van der Waals surface area (Å²) >= 11 is 7.16. The van der Waals surface area contributed by atoms with Crippen molar-refractivity contribution in [3.63, 3.8) is 0 Å². The molecule has 0 fully saturated rings. The molecule has 0 aliphatic carbocycles. The zero-order valence-corrected chi connectivity index (χ0v) is 10.2. The number of rotatable bonds is 5. The number of nitrogens with one attached hydrogen (secondary N) is 1. The average molecular weight is 244 g/mol. The van der Waals surface area contributed by atoms with Crippen molar-refractivity contribution in [1.82, 2.24) is 5.32 Å². The van der Waals surface area contributed by atoms with Crippen LogP contribution in [0.3, 0.4) is 0 Å². The molecule has 1 aromatic rings.